The normalized spacial score (nSPS) is 21.1. The number of hydrogen-bond acceptors (Lipinski definition) is 5. The number of methoxy groups -OCH3 is 1. The lowest BCUT2D eigenvalue weighted by molar-refractivity contribution is 0.231. The summed E-state index contributed by atoms with van der Waals surface area (Å²) in [6.07, 6.45) is 3.32. The molecule has 0 spiro atoms. The lowest BCUT2D eigenvalue weighted by Gasteiger charge is -2.25. The number of fused-ring (bicyclic) bond motifs is 1. The smallest absolute Gasteiger partial charge is 0.150 e. The van der Waals surface area contributed by atoms with Crippen LogP contribution in [0.25, 0.3) is 0 Å². The highest BCUT2D eigenvalue weighted by molar-refractivity contribution is 5.37. The Kier molecular flexibility index (Phi) is 4.72. The highest BCUT2D eigenvalue weighted by atomic mass is 16.5. The molecular weight excluding hydrogens is 314 g/mol. The first-order valence-corrected chi connectivity index (χ1v) is 9.26. The molecule has 4 rings (SSSR count). The Bertz CT molecular complexity index is 741. The van der Waals surface area contributed by atoms with E-state index in [1.807, 2.05) is 0 Å². The predicted molar refractivity (Wildman–Crippen MR) is 96.7 cm³/mol. The lowest BCUT2D eigenvalue weighted by atomic mass is 10.1. The van der Waals surface area contributed by atoms with Crippen molar-refractivity contribution < 1.29 is 4.74 Å². The van der Waals surface area contributed by atoms with Gasteiger partial charge in [-0.05, 0) is 37.9 Å². The quantitative estimate of drug-likeness (QED) is 0.923. The number of nitrogens with one attached hydrogen (secondary N) is 1. The molecule has 1 aromatic carbocycles. The van der Waals surface area contributed by atoms with Crippen molar-refractivity contribution in [3.63, 3.8) is 0 Å². The first-order chi connectivity index (χ1) is 12.3. The minimum Gasteiger partial charge on any atom is -0.496 e. The third-order valence-corrected chi connectivity index (χ3v) is 5.37. The van der Waals surface area contributed by atoms with Gasteiger partial charge < -0.3 is 14.6 Å². The van der Waals surface area contributed by atoms with Gasteiger partial charge in [-0.3, -0.25) is 4.90 Å². The van der Waals surface area contributed by atoms with Crippen LogP contribution in [-0.4, -0.2) is 46.4 Å². The van der Waals surface area contributed by atoms with Crippen LogP contribution in [0, 0.1) is 6.92 Å². The Labute approximate surface area is 149 Å². The van der Waals surface area contributed by atoms with Crippen molar-refractivity contribution >= 4 is 0 Å². The zero-order valence-electron chi connectivity index (χ0n) is 15.2. The molecule has 6 heteroatoms. The van der Waals surface area contributed by atoms with Gasteiger partial charge in [0.05, 0.1) is 13.2 Å². The van der Waals surface area contributed by atoms with Gasteiger partial charge in [-0.15, -0.1) is 10.2 Å². The van der Waals surface area contributed by atoms with Crippen LogP contribution in [0.5, 0.6) is 5.75 Å². The zero-order valence-corrected chi connectivity index (χ0v) is 15.2. The molecule has 3 heterocycles. The van der Waals surface area contributed by atoms with E-state index < -0.39 is 0 Å². The summed E-state index contributed by atoms with van der Waals surface area (Å²) in [7, 11) is 1.76. The number of hydrogen-bond donors (Lipinski definition) is 1. The second-order valence-electron chi connectivity index (χ2n) is 7.07. The van der Waals surface area contributed by atoms with Gasteiger partial charge in [0, 0.05) is 38.2 Å². The maximum Gasteiger partial charge on any atom is 0.150 e. The molecule has 0 bridgehead atoms. The number of rotatable bonds is 4. The summed E-state index contributed by atoms with van der Waals surface area (Å²) >= 11 is 0. The first kappa shape index (κ1) is 16.5. The van der Waals surface area contributed by atoms with Crippen molar-refractivity contribution in [2.75, 3.05) is 26.7 Å². The molecule has 134 valence electrons. The molecule has 1 fully saturated rings. The number of aryl methyl sites for hydroxylation is 1. The Hall–Kier alpha value is -1.92. The van der Waals surface area contributed by atoms with Crippen LogP contribution in [0.2, 0.25) is 0 Å². The predicted octanol–water partition coefficient (Wildman–Crippen LogP) is 2.08. The van der Waals surface area contributed by atoms with E-state index in [-0.39, 0.29) is 0 Å². The summed E-state index contributed by atoms with van der Waals surface area (Å²) in [6.45, 7) is 7.06. The fourth-order valence-electron chi connectivity index (χ4n) is 4.05. The Morgan fingerprint density at radius 1 is 1.24 bits per heavy atom. The molecular formula is C19H27N5O. The molecule has 0 aliphatic carbocycles. The zero-order chi connectivity index (χ0) is 17.2. The summed E-state index contributed by atoms with van der Waals surface area (Å²) in [5, 5.41) is 12.5. The van der Waals surface area contributed by atoms with Gasteiger partial charge >= 0.3 is 0 Å². The van der Waals surface area contributed by atoms with E-state index >= 15 is 0 Å². The molecule has 6 nitrogen and oxygen atoms in total. The van der Waals surface area contributed by atoms with Gasteiger partial charge in [0.2, 0.25) is 0 Å². The highest BCUT2D eigenvalue weighted by Crippen LogP contribution is 2.34. The second kappa shape index (κ2) is 7.14. The summed E-state index contributed by atoms with van der Waals surface area (Å²) in [4.78, 5) is 2.53. The number of ether oxygens (including phenoxy) is 1. The van der Waals surface area contributed by atoms with Crippen LogP contribution in [0.1, 0.15) is 41.7 Å². The molecule has 0 unspecified atom stereocenters. The molecule has 2 aliphatic heterocycles. The average molecular weight is 341 g/mol. The van der Waals surface area contributed by atoms with Crippen molar-refractivity contribution in [1.82, 2.24) is 25.0 Å². The van der Waals surface area contributed by atoms with Crippen molar-refractivity contribution in [3.05, 3.63) is 41.0 Å². The third kappa shape index (κ3) is 3.28. The molecule has 2 aromatic rings. The van der Waals surface area contributed by atoms with Crippen molar-refractivity contribution in [1.29, 1.82) is 0 Å². The minimum absolute atomic E-state index is 0.352. The van der Waals surface area contributed by atoms with E-state index in [2.05, 4.69) is 50.1 Å². The minimum atomic E-state index is 0.352. The molecule has 1 aromatic heterocycles. The standard InChI is InChI=1S/C19H27N5O/c1-14-5-6-15(17(12-14)25-2)13-23-10-3-4-16(23)19-22-21-18-7-8-20-9-11-24(18)19/h5-6,12,16,20H,3-4,7-11,13H2,1-2H3/t16-/m1/s1. The molecule has 1 atom stereocenters. The maximum absolute atomic E-state index is 5.60. The van der Waals surface area contributed by atoms with Crippen LogP contribution >= 0.6 is 0 Å². The topological polar surface area (TPSA) is 55.2 Å². The summed E-state index contributed by atoms with van der Waals surface area (Å²) in [6, 6.07) is 6.83. The molecule has 1 N–H and O–H groups in total. The van der Waals surface area contributed by atoms with Crippen molar-refractivity contribution in [2.45, 2.75) is 45.3 Å². The highest BCUT2D eigenvalue weighted by Gasteiger charge is 2.31. The fourth-order valence-corrected chi connectivity index (χ4v) is 4.05. The molecule has 25 heavy (non-hydrogen) atoms. The monoisotopic (exact) mass is 341 g/mol. The SMILES string of the molecule is COc1cc(C)ccc1CN1CCC[C@@H]1c1nnc2n1CCNCC2. The van der Waals surface area contributed by atoms with Crippen LogP contribution < -0.4 is 10.1 Å². The van der Waals surface area contributed by atoms with E-state index in [1.165, 1.54) is 17.5 Å². The summed E-state index contributed by atoms with van der Waals surface area (Å²) in [5.74, 6) is 3.25. The van der Waals surface area contributed by atoms with Gasteiger partial charge in [-0.25, -0.2) is 0 Å². The molecule has 0 amide bonds. The first-order valence-electron chi connectivity index (χ1n) is 9.26. The van der Waals surface area contributed by atoms with E-state index in [9.17, 15) is 0 Å². The fraction of sp³-hybridized carbons (Fsp3) is 0.579. The summed E-state index contributed by atoms with van der Waals surface area (Å²) in [5.41, 5.74) is 2.48. The maximum atomic E-state index is 5.60. The van der Waals surface area contributed by atoms with Crippen LogP contribution in [0.4, 0.5) is 0 Å². The summed E-state index contributed by atoms with van der Waals surface area (Å²) < 4.78 is 7.94. The third-order valence-electron chi connectivity index (χ3n) is 5.37. The van der Waals surface area contributed by atoms with E-state index in [0.717, 1.165) is 63.0 Å². The molecule has 0 radical (unpaired) electrons. The van der Waals surface area contributed by atoms with E-state index in [0.29, 0.717) is 6.04 Å². The molecule has 1 saturated heterocycles. The Morgan fingerprint density at radius 2 is 2.16 bits per heavy atom. The van der Waals surface area contributed by atoms with Gasteiger partial charge in [0.1, 0.15) is 17.4 Å². The Morgan fingerprint density at radius 3 is 3.04 bits per heavy atom. The molecule has 2 aliphatic rings. The van der Waals surface area contributed by atoms with Crippen LogP contribution in [0.15, 0.2) is 18.2 Å². The second-order valence-corrected chi connectivity index (χ2v) is 7.07. The van der Waals surface area contributed by atoms with E-state index in [1.54, 1.807) is 7.11 Å². The van der Waals surface area contributed by atoms with Gasteiger partial charge in [0.15, 0.2) is 0 Å². The number of benzene rings is 1. The average Bonchev–Trinajstić information content (AvgIpc) is 3.16. The van der Waals surface area contributed by atoms with Crippen LogP contribution in [0.3, 0.4) is 0 Å². The number of nitrogens with zero attached hydrogens (tertiary/aromatic N) is 4. The van der Waals surface area contributed by atoms with Gasteiger partial charge in [-0.1, -0.05) is 12.1 Å². The molecule has 0 saturated carbocycles. The van der Waals surface area contributed by atoms with Gasteiger partial charge in [-0.2, -0.15) is 0 Å². The lowest BCUT2D eigenvalue weighted by Crippen LogP contribution is -2.26. The largest absolute Gasteiger partial charge is 0.496 e. The van der Waals surface area contributed by atoms with E-state index in [4.69, 9.17) is 4.74 Å². The number of aromatic nitrogens is 3. The Balaban J connectivity index is 1.58. The van der Waals surface area contributed by atoms with Crippen molar-refractivity contribution in [2.24, 2.45) is 0 Å². The van der Waals surface area contributed by atoms with Gasteiger partial charge in [0.25, 0.3) is 0 Å². The van der Waals surface area contributed by atoms with Crippen LogP contribution in [-0.2, 0) is 19.5 Å². The van der Waals surface area contributed by atoms with Crippen molar-refractivity contribution in [3.8, 4) is 5.75 Å². The number of likely N-dealkylation sites (tertiary alicyclic amines) is 1.